The van der Waals surface area contributed by atoms with Crippen LogP contribution in [0.1, 0.15) is 30.4 Å². The van der Waals surface area contributed by atoms with Gasteiger partial charge in [0, 0.05) is 38.2 Å². The fourth-order valence-corrected chi connectivity index (χ4v) is 4.69. The number of carbonyl (C=O) groups is 2. The molecule has 2 aromatic carbocycles. The van der Waals surface area contributed by atoms with E-state index in [1.807, 2.05) is 59.5 Å². The summed E-state index contributed by atoms with van der Waals surface area (Å²) in [7, 11) is 1.79. The summed E-state index contributed by atoms with van der Waals surface area (Å²) in [4.78, 5) is 30.3. The van der Waals surface area contributed by atoms with Crippen molar-refractivity contribution >= 4 is 17.5 Å². The molecule has 4 rings (SSSR count). The Morgan fingerprint density at radius 1 is 1.10 bits per heavy atom. The molecular formula is C24H25N3O2. The average molecular weight is 387 g/mol. The summed E-state index contributed by atoms with van der Waals surface area (Å²) >= 11 is 0. The number of piperidine rings is 1. The Labute approximate surface area is 171 Å². The molecule has 1 fully saturated rings. The van der Waals surface area contributed by atoms with Crippen LogP contribution in [0.4, 0.5) is 5.69 Å². The second-order valence-corrected chi connectivity index (χ2v) is 8.09. The molecule has 2 amide bonds. The van der Waals surface area contributed by atoms with Crippen LogP contribution in [0.2, 0.25) is 0 Å². The van der Waals surface area contributed by atoms with Crippen LogP contribution in [0.25, 0.3) is 0 Å². The Morgan fingerprint density at radius 3 is 2.45 bits per heavy atom. The minimum Gasteiger partial charge on any atom is -0.343 e. The number of likely N-dealkylation sites (N-methyl/N-ethyl adjacent to an activating group) is 1. The van der Waals surface area contributed by atoms with E-state index < -0.39 is 5.41 Å². The molecule has 0 spiro atoms. The second kappa shape index (κ2) is 7.71. The van der Waals surface area contributed by atoms with Crippen LogP contribution in [0.5, 0.6) is 0 Å². The van der Waals surface area contributed by atoms with Crippen molar-refractivity contribution in [3.05, 3.63) is 65.7 Å². The summed E-state index contributed by atoms with van der Waals surface area (Å²) in [6.45, 7) is 1.17. The molecule has 29 heavy (non-hydrogen) atoms. The molecule has 0 bridgehead atoms. The van der Waals surface area contributed by atoms with Gasteiger partial charge in [0.2, 0.25) is 11.8 Å². The van der Waals surface area contributed by atoms with Gasteiger partial charge in [-0.1, -0.05) is 48.5 Å². The smallest absolute Gasteiger partial charge is 0.238 e. The fourth-order valence-electron chi connectivity index (χ4n) is 4.69. The van der Waals surface area contributed by atoms with Crippen LogP contribution in [0.3, 0.4) is 0 Å². The third kappa shape index (κ3) is 3.40. The Balaban J connectivity index is 1.68. The normalized spacial score (nSPS) is 21.7. The topological polar surface area (TPSA) is 64.4 Å². The monoisotopic (exact) mass is 387 g/mol. The van der Waals surface area contributed by atoms with E-state index in [9.17, 15) is 9.59 Å². The predicted molar refractivity (Wildman–Crippen MR) is 111 cm³/mol. The van der Waals surface area contributed by atoms with Crippen molar-refractivity contribution in [2.45, 2.75) is 31.1 Å². The number of rotatable bonds is 4. The fraction of sp³-hybridized carbons (Fsp3) is 0.375. The van der Waals surface area contributed by atoms with Crippen LogP contribution in [-0.2, 0) is 21.4 Å². The van der Waals surface area contributed by atoms with Gasteiger partial charge in [0.05, 0.1) is 11.5 Å². The van der Waals surface area contributed by atoms with Gasteiger partial charge in [-0.25, -0.2) is 0 Å². The summed E-state index contributed by atoms with van der Waals surface area (Å²) in [5.41, 5.74) is 1.96. The highest BCUT2D eigenvalue weighted by atomic mass is 16.2. The number of anilines is 1. The van der Waals surface area contributed by atoms with Gasteiger partial charge in [0.25, 0.3) is 0 Å². The van der Waals surface area contributed by atoms with E-state index in [0.29, 0.717) is 32.4 Å². The van der Waals surface area contributed by atoms with Gasteiger partial charge in [0.15, 0.2) is 0 Å². The number of nitrogens with zero attached hydrogens (tertiary/aromatic N) is 3. The molecule has 2 aliphatic rings. The minimum atomic E-state index is -0.893. The standard InChI is InChI=1S/C24H25N3O2/c1-26-21-10-6-5-9-20(21)24(23(26)29,15-18-7-3-2-4-8-18)16-22(28)27-13-11-19(17-25)12-14-27/h2-10,19H,11-16H2,1H3/t24-/m1/s1. The largest absolute Gasteiger partial charge is 0.343 e. The molecule has 0 aromatic heterocycles. The minimum absolute atomic E-state index is 0.00391. The number of amides is 2. The number of benzene rings is 2. The van der Waals surface area contributed by atoms with Crippen LogP contribution in [-0.4, -0.2) is 36.9 Å². The first-order valence-corrected chi connectivity index (χ1v) is 10.1. The van der Waals surface area contributed by atoms with Crippen molar-refractivity contribution in [2.24, 2.45) is 5.92 Å². The molecule has 5 nitrogen and oxygen atoms in total. The van der Waals surface area contributed by atoms with Crippen molar-refractivity contribution in [1.82, 2.24) is 4.90 Å². The van der Waals surface area contributed by atoms with Gasteiger partial charge in [-0.3, -0.25) is 9.59 Å². The highest BCUT2D eigenvalue weighted by molar-refractivity contribution is 6.09. The lowest BCUT2D eigenvalue weighted by atomic mass is 9.73. The lowest BCUT2D eigenvalue weighted by Crippen LogP contribution is -2.47. The maximum atomic E-state index is 13.5. The molecule has 2 heterocycles. The SMILES string of the molecule is CN1C(=O)[C@@](CC(=O)N2CCC(C#N)CC2)(Cc2ccccc2)c2ccccc21. The molecule has 1 saturated heterocycles. The van der Waals surface area contributed by atoms with Crippen molar-refractivity contribution in [3.8, 4) is 6.07 Å². The molecule has 5 heteroatoms. The number of para-hydroxylation sites is 1. The Morgan fingerprint density at radius 2 is 1.76 bits per heavy atom. The van der Waals surface area contributed by atoms with Crippen molar-refractivity contribution < 1.29 is 9.59 Å². The lowest BCUT2D eigenvalue weighted by molar-refractivity contribution is -0.137. The second-order valence-electron chi connectivity index (χ2n) is 8.09. The summed E-state index contributed by atoms with van der Waals surface area (Å²) < 4.78 is 0. The first-order valence-electron chi connectivity index (χ1n) is 10.1. The van der Waals surface area contributed by atoms with Gasteiger partial charge >= 0.3 is 0 Å². The number of carbonyl (C=O) groups excluding carboxylic acids is 2. The number of likely N-dealkylation sites (tertiary alicyclic amines) is 1. The Hall–Kier alpha value is -3.13. The molecule has 148 valence electrons. The van der Waals surface area contributed by atoms with E-state index in [4.69, 9.17) is 5.26 Å². The molecule has 0 N–H and O–H groups in total. The van der Waals surface area contributed by atoms with Crippen molar-refractivity contribution in [2.75, 3.05) is 25.0 Å². The van der Waals surface area contributed by atoms with Gasteiger partial charge in [-0.05, 0) is 36.5 Å². The third-order valence-electron chi connectivity index (χ3n) is 6.33. The molecule has 0 saturated carbocycles. The van der Waals surface area contributed by atoms with E-state index >= 15 is 0 Å². The Bertz CT molecular complexity index is 958. The van der Waals surface area contributed by atoms with E-state index in [0.717, 1.165) is 16.8 Å². The molecule has 2 aliphatic heterocycles. The third-order valence-corrected chi connectivity index (χ3v) is 6.33. The average Bonchev–Trinajstić information content (AvgIpc) is 2.97. The summed E-state index contributed by atoms with van der Waals surface area (Å²) in [6, 6.07) is 20.0. The zero-order valence-electron chi connectivity index (χ0n) is 16.7. The maximum Gasteiger partial charge on any atom is 0.238 e. The molecule has 1 atom stereocenters. The zero-order chi connectivity index (χ0) is 20.4. The molecule has 0 unspecified atom stereocenters. The van der Waals surface area contributed by atoms with E-state index in [1.165, 1.54) is 0 Å². The van der Waals surface area contributed by atoms with Gasteiger partial charge in [-0.15, -0.1) is 0 Å². The van der Waals surface area contributed by atoms with Gasteiger partial charge in [0.1, 0.15) is 0 Å². The van der Waals surface area contributed by atoms with Crippen molar-refractivity contribution in [3.63, 3.8) is 0 Å². The van der Waals surface area contributed by atoms with E-state index in [2.05, 4.69) is 6.07 Å². The van der Waals surface area contributed by atoms with Crippen LogP contribution < -0.4 is 4.90 Å². The molecule has 2 aromatic rings. The molecule has 0 aliphatic carbocycles. The highest BCUT2D eigenvalue weighted by Gasteiger charge is 2.51. The summed E-state index contributed by atoms with van der Waals surface area (Å²) in [5.74, 6) is -0.00381. The van der Waals surface area contributed by atoms with Crippen LogP contribution in [0, 0.1) is 17.2 Å². The van der Waals surface area contributed by atoms with E-state index in [1.54, 1.807) is 11.9 Å². The zero-order valence-corrected chi connectivity index (χ0v) is 16.7. The first-order chi connectivity index (χ1) is 14.0. The number of hydrogen-bond acceptors (Lipinski definition) is 3. The van der Waals surface area contributed by atoms with E-state index in [-0.39, 0.29) is 24.2 Å². The highest BCUT2D eigenvalue weighted by Crippen LogP contribution is 2.46. The molecular weight excluding hydrogens is 362 g/mol. The van der Waals surface area contributed by atoms with Crippen molar-refractivity contribution in [1.29, 1.82) is 5.26 Å². The quantitative estimate of drug-likeness (QED) is 0.809. The maximum absolute atomic E-state index is 13.5. The van der Waals surface area contributed by atoms with Gasteiger partial charge in [-0.2, -0.15) is 5.26 Å². The first kappa shape index (κ1) is 19.2. The predicted octanol–water partition coefficient (Wildman–Crippen LogP) is 3.30. The summed E-state index contributed by atoms with van der Waals surface area (Å²) in [6.07, 6.45) is 2.06. The number of hydrogen-bond donors (Lipinski definition) is 0. The molecule has 0 radical (unpaired) electrons. The summed E-state index contributed by atoms with van der Waals surface area (Å²) in [5, 5.41) is 9.12. The number of fused-ring (bicyclic) bond motifs is 1. The Kier molecular flexibility index (Phi) is 5.10. The van der Waals surface area contributed by atoms with Gasteiger partial charge < -0.3 is 9.80 Å². The van der Waals surface area contributed by atoms with Crippen LogP contribution >= 0.6 is 0 Å². The number of nitriles is 1. The van der Waals surface area contributed by atoms with Crippen LogP contribution in [0.15, 0.2) is 54.6 Å². The lowest BCUT2D eigenvalue weighted by Gasteiger charge is -2.34.